The summed E-state index contributed by atoms with van der Waals surface area (Å²) >= 11 is 6.30. The van der Waals surface area contributed by atoms with Crippen LogP contribution in [0.1, 0.15) is 30.2 Å². The van der Waals surface area contributed by atoms with E-state index in [1.54, 1.807) is 6.07 Å². The Morgan fingerprint density at radius 2 is 1.87 bits per heavy atom. The minimum absolute atomic E-state index is 0.200. The fourth-order valence-electron chi connectivity index (χ4n) is 2.97. The lowest BCUT2D eigenvalue weighted by atomic mass is 10.1. The second kappa shape index (κ2) is 9.22. The largest absolute Gasteiger partial charge is 0.382 e. The molecule has 0 saturated carbocycles. The predicted molar refractivity (Wildman–Crippen MR) is 120 cm³/mol. The zero-order chi connectivity index (χ0) is 21.8. The molecule has 30 heavy (non-hydrogen) atoms. The first-order valence-electron chi connectivity index (χ1n) is 9.61. The molecule has 0 radical (unpaired) electrons. The summed E-state index contributed by atoms with van der Waals surface area (Å²) in [5.41, 5.74) is 3.06. The number of aromatic nitrogens is 2. The van der Waals surface area contributed by atoms with Gasteiger partial charge in [-0.15, -0.1) is 0 Å². The first kappa shape index (κ1) is 21.7. The summed E-state index contributed by atoms with van der Waals surface area (Å²) in [7, 11) is 0. The molecule has 0 aliphatic rings. The van der Waals surface area contributed by atoms with E-state index in [2.05, 4.69) is 27.2 Å². The maximum Gasteiger partial charge on any atom is 0.163 e. The molecule has 0 unspecified atom stereocenters. The molecule has 1 heterocycles. The fraction of sp³-hybridized carbons (Fsp3) is 0.217. The number of rotatable bonds is 7. The van der Waals surface area contributed by atoms with Gasteiger partial charge in [0.05, 0.1) is 10.7 Å². The Bertz CT molecular complexity index is 1100. The molecule has 0 atom stereocenters. The Kier molecular flexibility index (Phi) is 6.67. The van der Waals surface area contributed by atoms with Crippen LogP contribution in [0.25, 0.3) is 17.1 Å². The minimum atomic E-state index is -0.681. The number of hydrogen-bond donors (Lipinski definition) is 2. The van der Waals surface area contributed by atoms with Crippen LogP contribution in [0, 0.1) is 25.5 Å². The molecule has 3 rings (SSSR count). The van der Waals surface area contributed by atoms with Crippen molar-refractivity contribution in [3.8, 4) is 11.4 Å². The molecule has 0 saturated heterocycles. The van der Waals surface area contributed by atoms with E-state index in [4.69, 9.17) is 11.6 Å². The van der Waals surface area contributed by atoms with Gasteiger partial charge in [0.15, 0.2) is 5.82 Å². The van der Waals surface area contributed by atoms with E-state index in [1.165, 1.54) is 6.07 Å². The summed E-state index contributed by atoms with van der Waals surface area (Å²) < 4.78 is 28.3. The van der Waals surface area contributed by atoms with Crippen LogP contribution in [0.5, 0.6) is 0 Å². The molecule has 0 aliphatic carbocycles. The SMILES string of the molecule is C=C(Nc1nc(-c2ccccc2Cl)nc(C)c1C)c1cc(F)cc(F)c1NCCC. The van der Waals surface area contributed by atoms with Crippen LogP contribution in [0.15, 0.2) is 43.0 Å². The maximum absolute atomic E-state index is 14.4. The summed E-state index contributed by atoms with van der Waals surface area (Å²) in [5.74, 6) is -0.407. The number of nitrogens with zero attached hydrogens (tertiary/aromatic N) is 2. The average molecular weight is 429 g/mol. The van der Waals surface area contributed by atoms with Crippen molar-refractivity contribution in [2.45, 2.75) is 27.2 Å². The molecule has 2 N–H and O–H groups in total. The normalized spacial score (nSPS) is 10.7. The van der Waals surface area contributed by atoms with E-state index >= 15 is 0 Å². The van der Waals surface area contributed by atoms with E-state index in [0.717, 1.165) is 23.7 Å². The molecular weight excluding hydrogens is 406 g/mol. The number of nitrogens with one attached hydrogen (secondary N) is 2. The van der Waals surface area contributed by atoms with Gasteiger partial charge in [0.1, 0.15) is 17.5 Å². The maximum atomic E-state index is 14.4. The molecule has 0 amide bonds. The van der Waals surface area contributed by atoms with Crippen LogP contribution < -0.4 is 10.6 Å². The van der Waals surface area contributed by atoms with Crippen molar-refractivity contribution in [1.29, 1.82) is 0 Å². The molecule has 156 valence electrons. The number of hydrogen-bond acceptors (Lipinski definition) is 4. The van der Waals surface area contributed by atoms with Crippen molar-refractivity contribution in [3.05, 3.63) is 76.5 Å². The fourth-order valence-corrected chi connectivity index (χ4v) is 3.19. The first-order valence-corrected chi connectivity index (χ1v) is 9.99. The van der Waals surface area contributed by atoms with Gasteiger partial charge in [-0.05, 0) is 38.5 Å². The Balaban J connectivity index is 2.01. The van der Waals surface area contributed by atoms with Crippen molar-refractivity contribution in [3.63, 3.8) is 0 Å². The van der Waals surface area contributed by atoms with Crippen LogP contribution >= 0.6 is 11.6 Å². The van der Waals surface area contributed by atoms with Crippen LogP contribution in [0.4, 0.5) is 20.3 Å². The monoisotopic (exact) mass is 428 g/mol. The quantitative estimate of drug-likeness (QED) is 0.445. The molecule has 0 aliphatic heterocycles. The lowest BCUT2D eigenvalue weighted by Crippen LogP contribution is -2.10. The summed E-state index contributed by atoms with van der Waals surface area (Å²) in [6, 6.07) is 9.38. The number of benzene rings is 2. The molecule has 0 spiro atoms. The molecular formula is C23H23ClF2N4. The van der Waals surface area contributed by atoms with Gasteiger partial charge in [0.2, 0.25) is 0 Å². The smallest absolute Gasteiger partial charge is 0.163 e. The van der Waals surface area contributed by atoms with Gasteiger partial charge in [-0.25, -0.2) is 18.7 Å². The molecule has 1 aromatic heterocycles. The van der Waals surface area contributed by atoms with Crippen LogP contribution in [-0.2, 0) is 0 Å². The van der Waals surface area contributed by atoms with Gasteiger partial charge in [-0.1, -0.05) is 37.2 Å². The second-order valence-corrected chi connectivity index (χ2v) is 7.33. The third-order valence-electron chi connectivity index (χ3n) is 4.71. The Labute approximate surface area is 180 Å². The van der Waals surface area contributed by atoms with Crippen molar-refractivity contribution >= 4 is 28.8 Å². The Morgan fingerprint density at radius 1 is 1.13 bits per heavy atom. The first-order chi connectivity index (χ1) is 14.3. The lowest BCUT2D eigenvalue weighted by Gasteiger charge is -2.18. The molecule has 4 nitrogen and oxygen atoms in total. The molecule has 0 fully saturated rings. The zero-order valence-electron chi connectivity index (χ0n) is 17.1. The van der Waals surface area contributed by atoms with E-state index in [9.17, 15) is 8.78 Å². The van der Waals surface area contributed by atoms with E-state index in [1.807, 2.05) is 39.0 Å². The van der Waals surface area contributed by atoms with Crippen molar-refractivity contribution < 1.29 is 8.78 Å². The van der Waals surface area contributed by atoms with Gasteiger partial charge < -0.3 is 10.6 Å². The van der Waals surface area contributed by atoms with Crippen LogP contribution in [0.2, 0.25) is 5.02 Å². The molecule has 7 heteroatoms. The topological polar surface area (TPSA) is 49.8 Å². The molecule has 2 aromatic carbocycles. The van der Waals surface area contributed by atoms with Crippen LogP contribution in [-0.4, -0.2) is 16.5 Å². The third-order valence-corrected chi connectivity index (χ3v) is 5.03. The summed E-state index contributed by atoms with van der Waals surface area (Å²) in [5, 5.41) is 6.64. The van der Waals surface area contributed by atoms with E-state index < -0.39 is 11.6 Å². The van der Waals surface area contributed by atoms with Gasteiger partial charge in [-0.3, -0.25) is 0 Å². The third kappa shape index (κ3) is 4.60. The summed E-state index contributed by atoms with van der Waals surface area (Å²) in [6.07, 6.45) is 0.793. The highest BCUT2D eigenvalue weighted by atomic mass is 35.5. The predicted octanol–water partition coefficient (Wildman–Crippen LogP) is 6.60. The molecule has 3 aromatic rings. The van der Waals surface area contributed by atoms with Crippen molar-refractivity contribution in [2.24, 2.45) is 0 Å². The summed E-state index contributed by atoms with van der Waals surface area (Å²) in [6.45, 7) is 10.2. The Morgan fingerprint density at radius 3 is 2.57 bits per heavy atom. The number of aryl methyl sites for hydroxylation is 1. The van der Waals surface area contributed by atoms with E-state index in [0.29, 0.717) is 40.0 Å². The lowest BCUT2D eigenvalue weighted by molar-refractivity contribution is 0.584. The zero-order valence-corrected chi connectivity index (χ0v) is 17.9. The van der Waals surface area contributed by atoms with E-state index in [-0.39, 0.29) is 5.69 Å². The highest BCUT2D eigenvalue weighted by Gasteiger charge is 2.17. The highest BCUT2D eigenvalue weighted by Crippen LogP contribution is 2.31. The summed E-state index contributed by atoms with van der Waals surface area (Å²) in [4.78, 5) is 9.12. The van der Waals surface area contributed by atoms with Gasteiger partial charge >= 0.3 is 0 Å². The number of halogens is 3. The minimum Gasteiger partial charge on any atom is -0.382 e. The second-order valence-electron chi connectivity index (χ2n) is 6.93. The van der Waals surface area contributed by atoms with Crippen LogP contribution in [0.3, 0.4) is 0 Å². The Hall–Kier alpha value is -2.99. The van der Waals surface area contributed by atoms with Gasteiger partial charge in [0.25, 0.3) is 0 Å². The van der Waals surface area contributed by atoms with Crippen molar-refractivity contribution in [1.82, 2.24) is 9.97 Å². The highest BCUT2D eigenvalue weighted by molar-refractivity contribution is 6.33. The average Bonchev–Trinajstić information content (AvgIpc) is 2.70. The van der Waals surface area contributed by atoms with Gasteiger partial charge in [-0.2, -0.15) is 0 Å². The van der Waals surface area contributed by atoms with Gasteiger partial charge in [0, 0.05) is 40.7 Å². The standard InChI is InChI=1S/C23H23ClF2N4/c1-5-10-27-21-18(11-16(25)12-20(21)26)15(4)29-22-13(2)14(3)28-23(30-22)17-8-6-7-9-19(17)24/h6-9,11-12,27H,4-5,10H2,1-3H3,(H,28,29,30). The van der Waals surface area contributed by atoms with Crippen molar-refractivity contribution in [2.75, 3.05) is 17.2 Å². The molecule has 0 bridgehead atoms. The number of anilines is 2.